The fraction of sp³-hybridized carbons (Fsp3) is 0.462. The van der Waals surface area contributed by atoms with Gasteiger partial charge in [0.2, 0.25) is 0 Å². The Hall–Kier alpha value is -1.36. The molecule has 18 heavy (non-hydrogen) atoms. The third-order valence-corrected chi connectivity index (χ3v) is 5.08. The van der Waals surface area contributed by atoms with Crippen LogP contribution in [0.5, 0.6) is 0 Å². The number of aryl methyl sites for hydroxylation is 1. The van der Waals surface area contributed by atoms with E-state index in [9.17, 15) is 13.2 Å². The van der Waals surface area contributed by atoms with E-state index in [1.165, 1.54) is 0 Å². The molecule has 1 fully saturated rings. The number of carbonyl (C=O) groups is 1. The highest BCUT2D eigenvalue weighted by molar-refractivity contribution is 7.91. The van der Waals surface area contributed by atoms with Gasteiger partial charge in [-0.15, -0.1) is 0 Å². The minimum absolute atomic E-state index is 0.400. The minimum Gasteiger partial charge on any atom is -0.481 e. The van der Waals surface area contributed by atoms with Crippen LogP contribution >= 0.6 is 0 Å². The normalized spacial score (nSPS) is 26.9. The summed E-state index contributed by atoms with van der Waals surface area (Å²) in [6, 6.07) is 7.52. The molecule has 0 unspecified atom stereocenters. The first-order valence-corrected chi connectivity index (χ1v) is 7.82. The summed E-state index contributed by atoms with van der Waals surface area (Å²) in [5.74, 6) is -2.23. The van der Waals surface area contributed by atoms with E-state index in [1.807, 2.05) is 31.2 Å². The highest BCUT2D eigenvalue weighted by atomic mass is 32.2. The Morgan fingerprint density at radius 3 is 2.17 bits per heavy atom. The molecule has 0 heterocycles. The summed E-state index contributed by atoms with van der Waals surface area (Å²) >= 11 is 0. The molecule has 1 aromatic carbocycles. The standard InChI is InChI=1S/C13H16O4S/c1-3-8-4-6-9(7-5-8)10-11(13(14)15)12(10)18(2,16)17/h4-7,10-12H,3H2,1-2H3,(H,14,15)/t10-,11-,12+/m0/s1. The largest absolute Gasteiger partial charge is 0.481 e. The van der Waals surface area contributed by atoms with Crippen LogP contribution in [0.15, 0.2) is 24.3 Å². The third-order valence-electron chi connectivity index (χ3n) is 3.51. The van der Waals surface area contributed by atoms with Crippen LogP contribution in [-0.2, 0) is 21.1 Å². The summed E-state index contributed by atoms with van der Waals surface area (Å²) in [4.78, 5) is 11.1. The molecule has 0 amide bonds. The molecule has 98 valence electrons. The molecule has 0 aromatic heterocycles. The van der Waals surface area contributed by atoms with Crippen LogP contribution in [0.1, 0.15) is 24.0 Å². The first kappa shape index (κ1) is 13.1. The Labute approximate surface area is 107 Å². The number of hydrogen-bond acceptors (Lipinski definition) is 3. The summed E-state index contributed by atoms with van der Waals surface area (Å²) in [6.07, 6.45) is 2.01. The molecule has 0 aliphatic heterocycles. The van der Waals surface area contributed by atoms with Crippen molar-refractivity contribution in [2.24, 2.45) is 5.92 Å². The third kappa shape index (κ3) is 2.27. The maximum atomic E-state index is 11.6. The maximum Gasteiger partial charge on any atom is 0.308 e. The van der Waals surface area contributed by atoms with Crippen molar-refractivity contribution >= 4 is 15.8 Å². The summed E-state index contributed by atoms with van der Waals surface area (Å²) in [5.41, 5.74) is 1.96. The summed E-state index contributed by atoms with van der Waals surface area (Å²) < 4.78 is 23.1. The van der Waals surface area contributed by atoms with Gasteiger partial charge in [0.25, 0.3) is 0 Å². The summed E-state index contributed by atoms with van der Waals surface area (Å²) in [6.45, 7) is 2.03. The number of carboxylic acid groups (broad SMARTS) is 1. The van der Waals surface area contributed by atoms with Gasteiger partial charge in [-0.3, -0.25) is 4.79 Å². The van der Waals surface area contributed by atoms with Crippen molar-refractivity contribution in [3.8, 4) is 0 Å². The van der Waals surface area contributed by atoms with E-state index in [-0.39, 0.29) is 0 Å². The van der Waals surface area contributed by atoms with Gasteiger partial charge in [-0.25, -0.2) is 8.42 Å². The Kier molecular flexibility index (Phi) is 3.19. The van der Waals surface area contributed by atoms with Gasteiger partial charge in [0.1, 0.15) is 0 Å². The van der Waals surface area contributed by atoms with Gasteiger partial charge in [-0.1, -0.05) is 31.2 Å². The first-order chi connectivity index (χ1) is 8.36. The number of hydrogen-bond donors (Lipinski definition) is 1. The van der Waals surface area contributed by atoms with Gasteiger partial charge in [0, 0.05) is 12.2 Å². The van der Waals surface area contributed by atoms with Crippen LogP contribution in [0, 0.1) is 5.92 Å². The smallest absolute Gasteiger partial charge is 0.308 e. The Morgan fingerprint density at radius 2 is 1.83 bits per heavy atom. The average Bonchev–Trinajstić information content (AvgIpc) is 3.04. The van der Waals surface area contributed by atoms with Gasteiger partial charge in [-0.05, 0) is 17.5 Å². The lowest BCUT2D eigenvalue weighted by molar-refractivity contribution is -0.138. The zero-order valence-electron chi connectivity index (χ0n) is 10.3. The molecule has 1 aromatic rings. The molecule has 1 aliphatic rings. The van der Waals surface area contributed by atoms with Crippen molar-refractivity contribution in [2.45, 2.75) is 24.5 Å². The van der Waals surface area contributed by atoms with Crippen LogP contribution in [0.3, 0.4) is 0 Å². The highest BCUT2D eigenvalue weighted by Crippen LogP contribution is 2.52. The molecular weight excluding hydrogens is 252 g/mol. The topological polar surface area (TPSA) is 71.4 Å². The molecule has 2 rings (SSSR count). The monoisotopic (exact) mass is 268 g/mol. The quantitative estimate of drug-likeness (QED) is 0.897. The second kappa shape index (κ2) is 4.39. The highest BCUT2D eigenvalue weighted by Gasteiger charge is 2.61. The minimum atomic E-state index is -3.32. The molecule has 0 radical (unpaired) electrons. The second-order valence-corrected chi connectivity index (χ2v) is 6.98. The average molecular weight is 268 g/mol. The van der Waals surface area contributed by atoms with Crippen molar-refractivity contribution in [3.63, 3.8) is 0 Å². The second-order valence-electron chi connectivity index (χ2n) is 4.78. The van der Waals surface area contributed by atoms with E-state index < -0.39 is 32.9 Å². The lowest BCUT2D eigenvalue weighted by atomic mass is 10.1. The van der Waals surface area contributed by atoms with Gasteiger partial charge in [-0.2, -0.15) is 0 Å². The van der Waals surface area contributed by atoms with Crippen LogP contribution in [0.25, 0.3) is 0 Å². The van der Waals surface area contributed by atoms with E-state index in [1.54, 1.807) is 0 Å². The van der Waals surface area contributed by atoms with Crippen LogP contribution in [0.4, 0.5) is 0 Å². The molecule has 0 bridgehead atoms. The Morgan fingerprint density at radius 1 is 1.28 bits per heavy atom. The Balaban J connectivity index is 2.30. The molecule has 1 N–H and O–H groups in total. The summed E-state index contributed by atoms with van der Waals surface area (Å²) in [7, 11) is -3.32. The lowest BCUT2D eigenvalue weighted by Gasteiger charge is -2.01. The maximum absolute atomic E-state index is 11.6. The zero-order chi connectivity index (χ0) is 13.5. The number of carboxylic acids is 1. The zero-order valence-corrected chi connectivity index (χ0v) is 11.1. The predicted octanol–water partition coefficient (Wildman–Crippen LogP) is 1.46. The SMILES string of the molecule is CCc1ccc([C@H]2[C@H](C(=O)O)[C@@H]2S(C)(=O)=O)cc1. The molecular formula is C13H16O4S. The predicted molar refractivity (Wildman–Crippen MR) is 68.3 cm³/mol. The summed E-state index contributed by atoms with van der Waals surface area (Å²) in [5, 5.41) is 8.28. The van der Waals surface area contributed by atoms with Gasteiger partial charge in [0.15, 0.2) is 9.84 Å². The fourth-order valence-corrected chi connectivity index (χ4v) is 4.07. The number of benzene rings is 1. The van der Waals surface area contributed by atoms with E-state index in [0.29, 0.717) is 0 Å². The van der Waals surface area contributed by atoms with Crippen molar-refractivity contribution < 1.29 is 18.3 Å². The molecule has 0 spiro atoms. The van der Waals surface area contributed by atoms with Gasteiger partial charge < -0.3 is 5.11 Å². The van der Waals surface area contributed by atoms with E-state index in [2.05, 4.69) is 0 Å². The van der Waals surface area contributed by atoms with Crippen molar-refractivity contribution in [1.82, 2.24) is 0 Å². The van der Waals surface area contributed by atoms with Crippen LogP contribution in [0.2, 0.25) is 0 Å². The van der Waals surface area contributed by atoms with Crippen LogP contribution in [-0.4, -0.2) is 31.0 Å². The Bertz CT molecular complexity index is 559. The fourth-order valence-electron chi connectivity index (χ4n) is 2.48. The molecule has 1 aliphatic carbocycles. The number of sulfone groups is 1. The molecule has 1 saturated carbocycles. The van der Waals surface area contributed by atoms with Crippen molar-refractivity contribution in [2.75, 3.05) is 6.26 Å². The van der Waals surface area contributed by atoms with Crippen LogP contribution < -0.4 is 0 Å². The van der Waals surface area contributed by atoms with E-state index >= 15 is 0 Å². The molecule has 4 nitrogen and oxygen atoms in total. The molecule has 0 saturated heterocycles. The van der Waals surface area contributed by atoms with Crippen molar-refractivity contribution in [1.29, 1.82) is 0 Å². The van der Waals surface area contributed by atoms with Gasteiger partial charge in [0.05, 0.1) is 11.2 Å². The molecule has 3 atom stereocenters. The lowest BCUT2D eigenvalue weighted by Crippen LogP contribution is -2.10. The number of rotatable bonds is 4. The number of aliphatic carboxylic acids is 1. The van der Waals surface area contributed by atoms with Crippen molar-refractivity contribution in [3.05, 3.63) is 35.4 Å². The van der Waals surface area contributed by atoms with Gasteiger partial charge >= 0.3 is 5.97 Å². The van der Waals surface area contributed by atoms with E-state index in [0.717, 1.165) is 23.8 Å². The first-order valence-electron chi connectivity index (χ1n) is 5.86. The molecule has 5 heteroatoms. The van der Waals surface area contributed by atoms with E-state index in [4.69, 9.17) is 5.11 Å².